The Hall–Kier alpha value is -0.0800. The first kappa shape index (κ1) is 6.05. The average molecular weight is 114 g/mol. The predicted octanol–water partition coefficient (Wildman–Crippen LogP) is -0.0569. The van der Waals surface area contributed by atoms with E-state index in [1.54, 1.807) is 0 Å². The lowest BCUT2D eigenvalue weighted by Gasteiger charge is -2.10. The highest BCUT2D eigenvalue weighted by Gasteiger charge is 2.28. The Morgan fingerprint density at radius 1 is 1.75 bits per heavy atom. The van der Waals surface area contributed by atoms with Gasteiger partial charge in [0.2, 0.25) is 0 Å². The van der Waals surface area contributed by atoms with Crippen LogP contribution >= 0.6 is 0 Å². The van der Waals surface area contributed by atoms with E-state index in [-0.39, 0.29) is 0 Å². The van der Waals surface area contributed by atoms with Crippen molar-refractivity contribution in [3.05, 3.63) is 0 Å². The number of nitrogens with two attached hydrogens (primary N) is 1. The van der Waals surface area contributed by atoms with E-state index >= 15 is 0 Å². The first-order chi connectivity index (χ1) is 3.88. The summed E-state index contributed by atoms with van der Waals surface area (Å²) >= 11 is 0. The van der Waals surface area contributed by atoms with E-state index < -0.39 is 0 Å². The zero-order chi connectivity index (χ0) is 5.98. The summed E-state index contributed by atoms with van der Waals surface area (Å²) in [4.78, 5) is 0. The lowest BCUT2D eigenvalue weighted by atomic mass is 10.2. The quantitative estimate of drug-likeness (QED) is 0.539. The van der Waals surface area contributed by atoms with Crippen LogP contribution in [0.15, 0.2) is 0 Å². The van der Waals surface area contributed by atoms with Gasteiger partial charge in [-0.05, 0) is 25.8 Å². The summed E-state index contributed by atoms with van der Waals surface area (Å²) in [6, 6.07) is 0.593. The molecule has 0 saturated heterocycles. The molecule has 2 heteroatoms. The summed E-state index contributed by atoms with van der Waals surface area (Å²) in [7, 11) is 1.98. The Labute approximate surface area is 50.4 Å². The zero-order valence-corrected chi connectivity index (χ0v) is 5.35. The second-order valence-electron chi connectivity index (χ2n) is 2.47. The molecule has 1 atom stereocenters. The fourth-order valence-corrected chi connectivity index (χ4v) is 1.04. The minimum absolute atomic E-state index is 0.593. The topological polar surface area (TPSA) is 38.0 Å². The molecule has 0 heterocycles. The van der Waals surface area contributed by atoms with Crippen LogP contribution in [0.2, 0.25) is 0 Å². The Balaban J connectivity index is 2.15. The third-order valence-electron chi connectivity index (χ3n) is 1.82. The minimum atomic E-state index is 0.593. The molecule has 8 heavy (non-hydrogen) atoms. The summed E-state index contributed by atoms with van der Waals surface area (Å²) in [5, 5.41) is 3.19. The summed E-state index contributed by atoms with van der Waals surface area (Å²) in [5.41, 5.74) is 5.46. The molecule has 2 nitrogen and oxygen atoms in total. The van der Waals surface area contributed by atoms with E-state index in [1.807, 2.05) is 7.05 Å². The molecule has 1 fully saturated rings. The monoisotopic (exact) mass is 114 g/mol. The SMILES string of the molecule is CNC(CN)C1CC1. The van der Waals surface area contributed by atoms with Gasteiger partial charge >= 0.3 is 0 Å². The zero-order valence-electron chi connectivity index (χ0n) is 5.35. The molecule has 1 unspecified atom stereocenters. The highest BCUT2D eigenvalue weighted by Crippen LogP contribution is 2.31. The van der Waals surface area contributed by atoms with Gasteiger partial charge in [-0.1, -0.05) is 0 Å². The first-order valence-electron chi connectivity index (χ1n) is 3.26. The molecular weight excluding hydrogens is 100 g/mol. The van der Waals surface area contributed by atoms with Crippen LogP contribution in [0.3, 0.4) is 0 Å². The lowest BCUT2D eigenvalue weighted by molar-refractivity contribution is 0.512. The van der Waals surface area contributed by atoms with Gasteiger partial charge in [-0.3, -0.25) is 0 Å². The third kappa shape index (κ3) is 1.20. The second-order valence-corrected chi connectivity index (χ2v) is 2.47. The summed E-state index contributed by atoms with van der Waals surface area (Å²) in [6.07, 6.45) is 2.76. The summed E-state index contributed by atoms with van der Waals surface area (Å²) in [5.74, 6) is 0.894. The summed E-state index contributed by atoms with van der Waals surface area (Å²) < 4.78 is 0. The van der Waals surface area contributed by atoms with Crippen molar-refractivity contribution in [2.45, 2.75) is 18.9 Å². The van der Waals surface area contributed by atoms with Gasteiger partial charge in [-0.2, -0.15) is 0 Å². The molecule has 0 aliphatic heterocycles. The maximum atomic E-state index is 5.46. The van der Waals surface area contributed by atoms with Gasteiger partial charge < -0.3 is 11.1 Å². The number of hydrogen-bond acceptors (Lipinski definition) is 2. The smallest absolute Gasteiger partial charge is 0.0215 e. The number of hydrogen-bond donors (Lipinski definition) is 2. The maximum Gasteiger partial charge on any atom is 0.0215 e. The van der Waals surface area contributed by atoms with Crippen molar-refractivity contribution in [2.75, 3.05) is 13.6 Å². The largest absolute Gasteiger partial charge is 0.329 e. The van der Waals surface area contributed by atoms with Gasteiger partial charge in [0.1, 0.15) is 0 Å². The van der Waals surface area contributed by atoms with E-state index in [9.17, 15) is 0 Å². The van der Waals surface area contributed by atoms with Gasteiger partial charge in [0, 0.05) is 12.6 Å². The van der Waals surface area contributed by atoms with Gasteiger partial charge in [-0.15, -0.1) is 0 Å². The van der Waals surface area contributed by atoms with Gasteiger partial charge in [-0.25, -0.2) is 0 Å². The number of likely N-dealkylation sites (N-methyl/N-ethyl adjacent to an activating group) is 1. The molecule has 3 N–H and O–H groups in total. The fraction of sp³-hybridized carbons (Fsp3) is 1.00. The van der Waals surface area contributed by atoms with Crippen molar-refractivity contribution >= 4 is 0 Å². The molecule has 0 amide bonds. The Bertz CT molecular complexity index is 64.9. The number of rotatable bonds is 3. The van der Waals surface area contributed by atoms with Crippen molar-refractivity contribution < 1.29 is 0 Å². The minimum Gasteiger partial charge on any atom is -0.329 e. The standard InChI is InChI=1S/C6H14N2/c1-8-6(4-7)5-2-3-5/h5-6,8H,2-4,7H2,1H3. The molecule has 1 saturated carbocycles. The van der Waals surface area contributed by atoms with E-state index in [4.69, 9.17) is 5.73 Å². The highest BCUT2D eigenvalue weighted by atomic mass is 14.9. The molecule has 0 radical (unpaired) electrons. The van der Waals surface area contributed by atoms with Crippen LogP contribution in [0.1, 0.15) is 12.8 Å². The van der Waals surface area contributed by atoms with Crippen LogP contribution < -0.4 is 11.1 Å². The molecule has 0 aromatic rings. The van der Waals surface area contributed by atoms with Crippen molar-refractivity contribution in [3.63, 3.8) is 0 Å². The van der Waals surface area contributed by atoms with Crippen LogP contribution in [0.4, 0.5) is 0 Å². The molecule has 1 aliphatic rings. The lowest BCUT2D eigenvalue weighted by Crippen LogP contribution is -2.34. The van der Waals surface area contributed by atoms with Gasteiger partial charge in [0.25, 0.3) is 0 Å². The van der Waals surface area contributed by atoms with Crippen LogP contribution in [-0.4, -0.2) is 19.6 Å². The Morgan fingerprint density at radius 3 is 2.50 bits per heavy atom. The molecule has 48 valence electrons. The fourth-order valence-electron chi connectivity index (χ4n) is 1.04. The average Bonchev–Trinajstić information content (AvgIpc) is 2.53. The maximum absolute atomic E-state index is 5.46. The predicted molar refractivity (Wildman–Crippen MR) is 34.6 cm³/mol. The normalized spacial score (nSPS) is 23.2. The van der Waals surface area contributed by atoms with E-state index in [0.717, 1.165) is 12.5 Å². The number of nitrogens with one attached hydrogen (secondary N) is 1. The third-order valence-corrected chi connectivity index (χ3v) is 1.82. The molecule has 0 bridgehead atoms. The molecule has 0 aromatic carbocycles. The Kier molecular flexibility index (Phi) is 1.86. The molecular formula is C6H14N2. The molecule has 1 rings (SSSR count). The van der Waals surface area contributed by atoms with Crippen molar-refractivity contribution in [2.24, 2.45) is 11.7 Å². The molecule has 0 aromatic heterocycles. The Morgan fingerprint density at radius 2 is 2.38 bits per heavy atom. The summed E-state index contributed by atoms with van der Waals surface area (Å²) in [6.45, 7) is 0.793. The van der Waals surface area contributed by atoms with Crippen LogP contribution in [0, 0.1) is 5.92 Å². The van der Waals surface area contributed by atoms with Crippen LogP contribution in [-0.2, 0) is 0 Å². The van der Waals surface area contributed by atoms with Crippen molar-refractivity contribution in [3.8, 4) is 0 Å². The van der Waals surface area contributed by atoms with Gasteiger partial charge in [0.15, 0.2) is 0 Å². The van der Waals surface area contributed by atoms with E-state index in [1.165, 1.54) is 12.8 Å². The molecule has 1 aliphatic carbocycles. The van der Waals surface area contributed by atoms with E-state index in [0.29, 0.717) is 6.04 Å². The van der Waals surface area contributed by atoms with Crippen molar-refractivity contribution in [1.29, 1.82) is 0 Å². The van der Waals surface area contributed by atoms with Crippen molar-refractivity contribution in [1.82, 2.24) is 5.32 Å². The van der Waals surface area contributed by atoms with Crippen LogP contribution in [0.25, 0.3) is 0 Å². The second kappa shape index (κ2) is 2.46. The van der Waals surface area contributed by atoms with E-state index in [2.05, 4.69) is 5.32 Å². The van der Waals surface area contributed by atoms with Gasteiger partial charge in [0.05, 0.1) is 0 Å². The highest BCUT2D eigenvalue weighted by molar-refractivity contribution is 4.85. The van der Waals surface area contributed by atoms with Crippen LogP contribution in [0.5, 0.6) is 0 Å². The first-order valence-corrected chi connectivity index (χ1v) is 3.26. The molecule has 0 spiro atoms.